The van der Waals surface area contributed by atoms with Crippen LogP contribution in [0.2, 0.25) is 5.02 Å². The van der Waals surface area contributed by atoms with E-state index in [1.165, 1.54) is 0 Å². The molecule has 31 heavy (non-hydrogen) atoms. The molecule has 0 fully saturated rings. The zero-order valence-corrected chi connectivity index (χ0v) is 19.3. The van der Waals surface area contributed by atoms with Crippen LogP contribution in [0, 0.1) is 12.3 Å². The van der Waals surface area contributed by atoms with Crippen LogP contribution in [0.15, 0.2) is 24.3 Å². The average molecular weight is 444 g/mol. The number of hydrogen-bond donors (Lipinski definition) is 3. The van der Waals surface area contributed by atoms with Crippen molar-refractivity contribution < 1.29 is 14.4 Å². The summed E-state index contributed by atoms with van der Waals surface area (Å²) in [7, 11) is 0. The van der Waals surface area contributed by atoms with Crippen molar-refractivity contribution in [3.8, 4) is 0 Å². The highest BCUT2D eigenvalue weighted by Crippen LogP contribution is 2.36. The van der Waals surface area contributed by atoms with Gasteiger partial charge in [0.25, 0.3) is 5.91 Å². The van der Waals surface area contributed by atoms with Crippen molar-refractivity contribution in [3.63, 3.8) is 0 Å². The average Bonchev–Trinajstić information content (AvgIpc) is 3.02. The lowest BCUT2D eigenvalue weighted by Crippen LogP contribution is -2.44. The third kappa shape index (κ3) is 5.37. The summed E-state index contributed by atoms with van der Waals surface area (Å²) in [6.07, 6.45) is 3.39. The number of ketones is 1. The first-order valence-corrected chi connectivity index (χ1v) is 11.1. The van der Waals surface area contributed by atoms with Crippen LogP contribution in [0.5, 0.6) is 0 Å². The maximum Gasteiger partial charge on any atom is 0.268 e. The summed E-state index contributed by atoms with van der Waals surface area (Å²) in [6.45, 7) is 7.92. The number of halogens is 1. The van der Waals surface area contributed by atoms with Crippen LogP contribution in [0.3, 0.4) is 0 Å². The van der Waals surface area contributed by atoms with Crippen molar-refractivity contribution in [3.05, 3.63) is 51.8 Å². The number of Topliss-reactive ketones (excluding diaryl/α,β-unsaturated/α-hetero) is 1. The Morgan fingerprint density at radius 1 is 1.19 bits per heavy atom. The number of fused-ring (bicyclic) bond motifs is 1. The topological polar surface area (TPSA) is 91.1 Å². The smallest absolute Gasteiger partial charge is 0.268 e. The van der Waals surface area contributed by atoms with Crippen LogP contribution >= 0.6 is 11.6 Å². The second-order valence-corrected chi connectivity index (χ2v) is 9.52. The van der Waals surface area contributed by atoms with Gasteiger partial charge >= 0.3 is 0 Å². The number of nitrogens with one attached hydrogen (secondary N) is 3. The number of carbonyl (C=O) groups is 3. The fourth-order valence-electron chi connectivity index (χ4n) is 4.13. The predicted molar refractivity (Wildman–Crippen MR) is 123 cm³/mol. The van der Waals surface area contributed by atoms with E-state index < -0.39 is 6.04 Å². The second kappa shape index (κ2) is 9.27. The van der Waals surface area contributed by atoms with Gasteiger partial charge in [0.1, 0.15) is 11.7 Å². The van der Waals surface area contributed by atoms with Gasteiger partial charge in [0.2, 0.25) is 5.91 Å². The van der Waals surface area contributed by atoms with Crippen LogP contribution in [-0.4, -0.2) is 28.6 Å². The fraction of sp³-hybridized carbons (Fsp3) is 0.458. The lowest BCUT2D eigenvalue weighted by Gasteiger charge is -2.28. The van der Waals surface area contributed by atoms with E-state index >= 15 is 0 Å². The van der Waals surface area contributed by atoms with Crippen LogP contribution in [0.4, 0.5) is 5.69 Å². The Kier molecular flexibility index (Phi) is 6.90. The zero-order valence-electron chi connectivity index (χ0n) is 18.5. The fourth-order valence-corrected chi connectivity index (χ4v) is 4.26. The van der Waals surface area contributed by atoms with Gasteiger partial charge in [-0.1, -0.05) is 45.2 Å². The summed E-state index contributed by atoms with van der Waals surface area (Å²) in [5.74, 6) is -0.595. The lowest BCUT2D eigenvalue weighted by atomic mass is 9.75. The molecule has 166 valence electrons. The SMILES string of the molecule is CCCCC(NC(=O)c1[nH]c2c(c1C)C(=O)CC(C)(C)C2)C(=O)Nc1ccc(Cl)cc1. The van der Waals surface area contributed by atoms with E-state index in [0.717, 1.165) is 18.5 Å². The molecule has 0 radical (unpaired) electrons. The minimum absolute atomic E-state index is 0.0575. The van der Waals surface area contributed by atoms with Gasteiger partial charge in [-0.3, -0.25) is 14.4 Å². The van der Waals surface area contributed by atoms with Gasteiger partial charge in [-0.15, -0.1) is 0 Å². The molecule has 1 aliphatic carbocycles. The molecule has 0 spiro atoms. The molecule has 3 N–H and O–H groups in total. The van der Waals surface area contributed by atoms with Crippen LogP contribution in [-0.2, 0) is 11.2 Å². The van der Waals surface area contributed by atoms with Crippen molar-refractivity contribution in [2.45, 2.75) is 65.8 Å². The normalized spacial score (nSPS) is 15.8. The monoisotopic (exact) mass is 443 g/mol. The van der Waals surface area contributed by atoms with Gasteiger partial charge < -0.3 is 15.6 Å². The number of benzene rings is 1. The molecular weight excluding hydrogens is 414 g/mol. The number of anilines is 1. The number of carbonyl (C=O) groups excluding carboxylic acids is 3. The van der Waals surface area contributed by atoms with Gasteiger partial charge in [0.05, 0.1) is 0 Å². The molecule has 3 rings (SSSR count). The van der Waals surface area contributed by atoms with Gasteiger partial charge in [-0.2, -0.15) is 0 Å². The summed E-state index contributed by atoms with van der Waals surface area (Å²) >= 11 is 5.90. The Labute approximate surface area is 188 Å². The molecule has 0 bridgehead atoms. The maximum atomic E-state index is 13.1. The highest BCUT2D eigenvalue weighted by molar-refractivity contribution is 6.30. The standard InChI is InChI=1S/C24H30ClN3O3/c1-5-6-7-17(22(30)26-16-10-8-15(25)9-11-16)28-23(31)21-14(2)20-18(27-21)12-24(3,4)13-19(20)29/h8-11,17,27H,5-7,12-13H2,1-4H3,(H,26,30)(H,28,31). The molecule has 6 nitrogen and oxygen atoms in total. The quantitative estimate of drug-likeness (QED) is 0.558. The Morgan fingerprint density at radius 2 is 1.87 bits per heavy atom. The van der Waals surface area contributed by atoms with Gasteiger partial charge in [-0.25, -0.2) is 0 Å². The van der Waals surface area contributed by atoms with Crippen molar-refractivity contribution in [2.75, 3.05) is 5.32 Å². The third-order valence-corrected chi connectivity index (χ3v) is 5.96. The predicted octanol–water partition coefficient (Wildman–Crippen LogP) is 5.06. The number of aromatic amines is 1. The number of hydrogen-bond acceptors (Lipinski definition) is 3. The van der Waals surface area contributed by atoms with E-state index in [4.69, 9.17) is 11.6 Å². The zero-order chi connectivity index (χ0) is 22.8. The molecule has 0 aliphatic heterocycles. The van der Waals surface area contributed by atoms with E-state index in [1.807, 2.05) is 20.8 Å². The van der Waals surface area contributed by atoms with Crippen LogP contribution in [0.25, 0.3) is 0 Å². The molecule has 2 aromatic rings. The number of H-pyrrole nitrogens is 1. The van der Waals surface area contributed by atoms with E-state index in [-0.39, 0.29) is 23.0 Å². The molecular formula is C24H30ClN3O3. The summed E-state index contributed by atoms with van der Waals surface area (Å²) in [4.78, 5) is 41.7. The first-order chi connectivity index (χ1) is 14.6. The number of unbranched alkanes of at least 4 members (excludes halogenated alkanes) is 1. The number of rotatable bonds is 7. The summed E-state index contributed by atoms with van der Waals surface area (Å²) in [5, 5.41) is 6.29. The molecule has 1 aromatic heterocycles. The molecule has 7 heteroatoms. The molecule has 1 heterocycles. The second-order valence-electron chi connectivity index (χ2n) is 9.08. The van der Waals surface area contributed by atoms with Crippen molar-refractivity contribution in [2.24, 2.45) is 5.41 Å². The Balaban J connectivity index is 1.79. The van der Waals surface area contributed by atoms with E-state index in [1.54, 1.807) is 31.2 Å². The molecule has 2 amide bonds. The number of aromatic nitrogens is 1. The minimum Gasteiger partial charge on any atom is -0.354 e. The maximum absolute atomic E-state index is 13.1. The number of amides is 2. The summed E-state index contributed by atoms with van der Waals surface area (Å²) < 4.78 is 0. The Morgan fingerprint density at radius 3 is 2.52 bits per heavy atom. The van der Waals surface area contributed by atoms with Crippen LogP contribution < -0.4 is 10.6 Å². The minimum atomic E-state index is -0.685. The molecule has 1 aromatic carbocycles. The van der Waals surface area contributed by atoms with E-state index in [9.17, 15) is 14.4 Å². The van der Waals surface area contributed by atoms with Gasteiger partial charge in [0.15, 0.2) is 5.78 Å². The highest BCUT2D eigenvalue weighted by Gasteiger charge is 2.35. The Bertz CT molecular complexity index is 992. The van der Waals surface area contributed by atoms with Crippen LogP contribution in [0.1, 0.15) is 78.6 Å². The first-order valence-electron chi connectivity index (χ1n) is 10.7. The van der Waals surface area contributed by atoms with Crippen molar-refractivity contribution in [1.82, 2.24) is 10.3 Å². The molecule has 1 atom stereocenters. The van der Waals surface area contributed by atoms with Gasteiger partial charge in [0, 0.05) is 28.4 Å². The molecule has 1 unspecified atom stereocenters. The van der Waals surface area contributed by atoms with Crippen molar-refractivity contribution in [1.29, 1.82) is 0 Å². The molecule has 0 saturated heterocycles. The van der Waals surface area contributed by atoms with E-state index in [0.29, 0.717) is 46.8 Å². The van der Waals surface area contributed by atoms with E-state index in [2.05, 4.69) is 15.6 Å². The van der Waals surface area contributed by atoms with Crippen molar-refractivity contribution >= 4 is 34.9 Å². The third-order valence-electron chi connectivity index (χ3n) is 5.71. The summed E-state index contributed by atoms with van der Waals surface area (Å²) in [5.41, 5.74) is 2.92. The largest absolute Gasteiger partial charge is 0.354 e. The molecule has 1 aliphatic rings. The highest BCUT2D eigenvalue weighted by atomic mass is 35.5. The lowest BCUT2D eigenvalue weighted by molar-refractivity contribution is -0.118. The Hall–Kier alpha value is -2.60. The van der Waals surface area contributed by atoms with Gasteiger partial charge in [-0.05, 0) is 55.0 Å². The molecule has 0 saturated carbocycles. The summed E-state index contributed by atoms with van der Waals surface area (Å²) in [6, 6.07) is 6.14. The first kappa shape index (κ1) is 23.1.